The molecule has 0 saturated carbocycles. The highest BCUT2D eigenvalue weighted by atomic mass is 16.4. The van der Waals surface area contributed by atoms with Crippen molar-refractivity contribution >= 4 is 5.78 Å². The third-order valence-corrected chi connectivity index (χ3v) is 3.22. The van der Waals surface area contributed by atoms with E-state index in [-0.39, 0.29) is 18.0 Å². The van der Waals surface area contributed by atoms with Crippen LogP contribution in [0.1, 0.15) is 5.56 Å². The van der Waals surface area contributed by atoms with Crippen LogP contribution >= 0.6 is 0 Å². The summed E-state index contributed by atoms with van der Waals surface area (Å²) in [7, 11) is 0. The van der Waals surface area contributed by atoms with Gasteiger partial charge in [0.15, 0.2) is 5.78 Å². The van der Waals surface area contributed by atoms with E-state index in [0.29, 0.717) is 12.0 Å². The van der Waals surface area contributed by atoms with E-state index >= 15 is 0 Å². The van der Waals surface area contributed by atoms with Crippen LogP contribution in [0, 0.1) is 0 Å². The van der Waals surface area contributed by atoms with E-state index in [1.165, 1.54) is 18.2 Å². The lowest BCUT2D eigenvalue weighted by molar-refractivity contribution is -0.137. The number of aliphatic hydroxyl groups is 4. The fourth-order valence-electron chi connectivity index (χ4n) is 1.90. The Morgan fingerprint density at radius 1 is 1.14 bits per heavy atom. The summed E-state index contributed by atoms with van der Waals surface area (Å²) in [5, 5.41) is 58.1. The second-order valence-corrected chi connectivity index (χ2v) is 4.85. The molecule has 0 spiro atoms. The summed E-state index contributed by atoms with van der Waals surface area (Å²) in [5.41, 5.74) is 0.533. The highest BCUT2D eigenvalue weighted by molar-refractivity contribution is 5.88. The van der Waals surface area contributed by atoms with E-state index in [0.717, 1.165) is 0 Å². The SMILES string of the molecule is O=C([C@@H](CO)NCCc1ccc(O)cc1O)[C@H](O)[C@H](O)CO. The molecule has 0 radical (unpaired) electrons. The third kappa shape index (κ3) is 4.93. The van der Waals surface area contributed by atoms with Gasteiger partial charge in [0.1, 0.15) is 23.7 Å². The standard InChI is InChI=1S/C14H21NO7/c16-6-10(13(21)14(22)12(20)7-17)15-4-3-8-1-2-9(18)5-11(8)19/h1-2,5,10,12,14-20,22H,3-4,6-7H2/t10-,12-,14-/m1/s1. The number of hydrogen-bond acceptors (Lipinski definition) is 8. The molecule has 1 aromatic rings. The molecule has 124 valence electrons. The number of Topliss-reactive ketones (excluding diaryl/α,β-unsaturated/α-hetero) is 1. The molecule has 0 unspecified atom stereocenters. The molecule has 22 heavy (non-hydrogen) atoms. The minimum Gasteiger partial charge on any atom is -0.508 e. The summed E-state index contributed by atoms with van der Waals surface area (Å²) < 4.78 is 0. The van der Waals surface area contributed by atoms with Gasteiger partial charge >= 0.3 is 0 Å². The molecule has 3 atom stereocenters. The number of ketones is 1. The van der Waals surface area contributed by atoms with Gasteiger partial charge in [0.2, 0.25) is 0 Å². The highest BCUT2D eigenvalue weighted by Gasteiger charge is 2.29. The van der Waals surface area contributed by atoms with Crippen molar-refractivity contribution in [2.75, 3.05) is 19.8 Å². The number of carbonyl (C=O) groups is 1. The Hall–Kier alpha value is -1.71. The number of phenols is 2. The predicted octanol–water partition coefficient (Wildman–Crippen LogP) is -2.13. The minimum absolute atomic E-state index is 0.0706. The zero-order valence-corrected chi connectivity index (χ0v) is 11.9. The number of carbonyl (C=O) groups excluding carboxylic acids is 1. The van der Waals surface area contributed by atoms with Crippen molar-refractivity contribution in [1.29, 1.82) is 0 Å². The normalized spacial score (nSPS) is 15.3. The smallest absolute Gasteiger partial charge is 0.183 e. The Kier molecular flexibility index (Phi) is 7.22. The Morgan fingerprint density at radius 2 is 1.82 bits per heavy atom. The van der Waals surface area contributed by atoms with E-state index in [4.69, 9.17) is 10.2 Å². The fraction of sp³-hybridized carbons (Fsp3) is 0.500. The summed E-state index contributed by atoms with van der Waals surface area (Å²) in [4.78, 5) is 11.8. The number of aromatic hydroxyl groups is 2. The van der Waals surface area contributed by atoms with Gasteiger partial charge in [0.05, 0.1) is 19.3 Å². The first kappa shape index (κ1) is 18.3. The molecule has 0 aliphatic rings. The molecular formula is C14H21NO7. The maximum atomic E-state index is 11.8. The van der Waals surface area contributed by atoms with E-state index in [1.54, 1.807) is 0 Å². The molecule has 1 aromatic carbocycles. The van der Waals surface area contributed by atoms with Crippen LogP contribution in [-0.2, 0) is 11.2 Å². The fourth-order valence-corrected chi connectivity index (χ4v) is 1.90. The highest BCUT2D eigenvalue weighted by Crippen LogP contribution is 2.22. The molecule has 7 N–H and O–H groups in total. The van der Waals surface area contributed by atoms with Crippen molar-refractivity contribution in [3.05, 3.63) is 23.8 Å². The van der Waals surface area contributed by atoms with E-state index < -0.39 is 37.2 Å². The van der Waals surface area contributed by atoms with Crippen LogP contribution in [0.4, 0.5) is 0 Å². The second kappa shape index (κ2) is 8.66. The summed E-state index contributed by atoms with van der Waals surface area (Å²) in [6.45, 7) is -1.15. The van der Waals surface area contributed by atoms with Gasteiger partial charge in [-0.1, -0.05) is 6.07 Å². The summed E-state index contributed by atoms with van der Waals surface area (Å²) >= 11 is 0. The molecule has 0 aliphatic heterocycles. The monoisotopic (exact) mass is 315 g/mol. The quantitative estimate of drug-likeness (QED) is 0.273. The van der Waals surface area contributed by atoms with E-state index in [9.17, 15) is 25.2 Å². The Balaban J connectivity index is 2.55. The average molecular weight is 315 g/mol. The number of hydrogen-bond donors (Lipinski definition) is 7. The van der Waals surface area contributed by atoms with Crippen LogP contribution in [0.3, 0.4) is 0 Å². The molecule has 8 heteroatoms. The first-order chi connectivity index (χ1) is 10.4. The lowest BCUT2D eigenvalue weighted by Crippen LogP contribution is -2.50. The lowest BCUT2D eigenvalue weighted by Gasteiger charge is -2.21. The van der Waals surface area contributed by atoms with E-state index in [2.05, 4.69) is 5.32 Å². The molecule has 0 bridgehead atoms. The Bertz CT molecular complexity index is 494. The maximum absolute atomic E-state index is 11.8. The van der Waals surface area contributed by atoms with Crippen molar-refractivity contribution in [2.24, 2.45) is 0 Å². The van der Waals surface area contributed by atoms with Crippen LogP contribution in [-0.4, -0.2) is 74.4 Å². The number of phenolic OH excluding ortho intramolecular Hbond substituents is 2. The molecule has 0 fully saturated rings. The molecule has 1 rings (SSSR count). The second-order valence-electron chi connectivity index (χ2n) is 4.85. The Morgan fingerprint density at radius 3 is 2.36 bits per heavy atom. The molecule has 0 saturated heterocycles. The van der Waals surface area contributed by atoms with Gasteiger partial charge in [0, 0.05) is 12.6 Å². The average Bonchev–Trinajstić information content (AvgIpc) is 2.51. The zero-order valence-electron chi connectivity index (χ0n) is 11.9. The summed E-state index contributed by atoms with van der Waals surface area (Å²) in [6, 6.07) is 3.01. The van der Waals surface area contributed by atoms with Gasteiger partial charge in [-0.2, -0.15) is 0 Å². The van der Waals surface area contributed by atoms with E-state index in [1.807, 2.05) is 0 Å². The number of benzene rings is 1. The van der Waals surface area contributed by atoms with Crippen LogP contribution < -0.4 is 5.32 Å². The number of rotatable bonds is 9. The third-order valence-electron chi connectivity index (χ3n) is 3.22. The van der Waals surface area contributed by atoms with Gasteiger partial charge in [-0.25, -0.2) is 0 Å². The first-order valence-electron chi connectivity index (χ1n) is 6.76. The number of aliphatic hydroxyl groups excluding tert-OH is 4. The van der Waals surface area contributed by atoms with Gasteiger partial charge in [0.25, 0.3) is 0 Å². The van der Waals surface area contributed by atoms with Crippen molar-refractivity contribution in [1.82, 2.24) is 5.32 Å². The van der Waals surface area contributed by atoms with Crippen LogP contribution in [0.15, 0.2) is 18.2 Å². The van der Waals surface area contributed by atoms with Crippen LogP contribution in [0.5, 0.6) is 11.5 Å². The Labute approximate surface area is 127 Å². The van der Waals surface area contributed by atoms with Gasteiger partial charge in [-0.3, -0.25) is 4.79 Å². The lowest BCUT2D eigenvalue weighted by atomic mass is 10.0. The van der Waals surface area contributed by atoms with Crippen LogP contribution in [0.25, 0.3) is 0 Å². The molecule has 0 aromatic heterocycles. The number of nitrogens with one attached hydrogen (secondary N) is 1. The summed E-state index contributed by atoms with van der Waals surface area (Å²) in [6.07, 6.45) is -3.09. The van der Waals surface area contributed by atoms with Crippen molar-refractivity contribution in [3.8, 4) is 11.5 Å². The first-order valence-corrected chi connectivity index (χ1v) is 6.76. The molecule has 0 aliphatic carbocycles. The van der Waals surface area contributed by atoms with Crippen molar-refractivity contribution in [3.63, 3.8) is 0 Å². The minimum atomic E-state index is -1.79. The molecule has 8 nitrogen and oxygen atoms in total. The topological polar surface area (TPSA) is 150 Å². The largest absolute Gasteiger partial charge is 0.508 e. The van der Waals surface area contributed by atoms with Crippen molar-refractivity contribution < 1.29 is 35.4 Å². The molecule has 0 heterocycles. The maximum Gasteiger partial charge on any atom is 0.183 e. The van der Waals surface area contributed by atoms with Gasteiger partial charge in [-0.05, 0) is 18.1 Å². The van der Waals surface area contributed by atoms with Gasteiger partial charge in [-0.15, -0.1) is 0 Å². The van der Waals surface area contributed by atoms with Gasteiger partial charge < -0.3 is 36.0 Å². The predicted molar refractivity (Wildman–Crippen MR) is 76.5 cm³/mol. The van der Waals surface area contributed by atoms with Crippen molar-refractivity contribution in [2.45, 2.75) is 24.7 Å². The zero-order chi connectivity index (χ0) is 16.7. The molecule has 0 amide bonds. The summed E-state index contributed by atoms with van der Waals surface area (Å²) in [5.74, 6) is -0.998. The molecular weight excluding hydrogens is 294 g/mol. The van der Waals surface area contributed by atoms with Crippen LogP contribution in [0.2, 0.25) is 0 Å².